The Morgan fingerprint density at radius 3 is 2.66 bits per heavy atom. The van der Waals surface area contributed by atoms with E-state index in [4.69, 9.17) is 19.8 Å². The number of aromatic amines is 1. The van der Waals surface area contributed by atoms with Crippen molar-refractivity contribution in [2.75, 3.05) is 0 Å². The third-order valence-corrected chi connectivity index (χ3v) is 5.00. The summed E-state index contributed by atoms with van der Waals surface area (Å²) in [5, 5.41) is 29.5. The molecule has 0 aliphatic heterocycles. The first-order valence-electron chi connectivity index (χ1n) is 9.17. The highest BCUT2D eigenvalue weighted by molar-refractivity contribution is 6.27. The number of nitrogens with one attached hydrogen (secondary N) is 1. The van der Waals surface area contributed by atoms with E-state index < -0.39 is 11.9 Å². The van der Waals surface area contributed by atoms with Crippen LogP contribution in [0.2, 0.25) is 0 Å². The molecule has 3 aromatic heterocycles. The van der Waals surface area contributed by atoms with Gasteiger partial charge in [-0.2, -0.15) is 10.4 Å². The number of nitrogens with zero attached hydrogens (tertiary/aromatic N) is 5. The molecule has 29 heavy (non-hydrogen) atoms. The molecule has 0 radical (unpaired) electrons. The minimum absolute atomic E-state index is 0.166. The highest BCUT2D eigenvalue weighted by Crippen LogP contribution is 2.36. The number of rotatable bonds is 4. The van der Waals surface area contributed by atoms with Gasteiger partial charge >= 0.3 is 11.9 Å². The minimum Gasteiger partial charge on any atom is -0.473 e. The molecule has 10 nitrogen and oxygen atoms in total. The van der Waals surface area contributed by atoms with Crippen molar-refractivity contribution >= 4 is 23.0 Å². The molecule has 1 aliphatic carbocycles. The van der Waals surface area contributed by atoms with E-state index in [0.29, 0.717) is 12.3 Å². The fourth-order valence-electron chi connectivity index (χ4n) is 3.66. The highest BCUT2D eigenvalue weighted by Gasteiger charge is 2.27. The van der Waals surface area contributed by atoms with Crippen molar-refractivity contribution in [2.24, 2.45) is 5.92 Å². The summed E-state index contributed by atoms with van der Waals surface area (Å²) in [6.45, 7) is 0. The number of nitriles is 1. The van der Waals surface area contributed by atoms with Crippen molar-refractivity contribution in [1.29, 1.82) is 5.26 Å². The number of aromatic nitrogens is 5. The average Bonchev–Trinajstić information content (AvgIpc) is 3.47. The lowest BCUT2D eigenvalue weighted by Crippen LogP contribution is -2.17. The average molecular weight is 396 g/mol. The molecular weight excluding hydrogens is 376 g/mol. The van der Waals surface area contributed by atoms with Gasteiger partial charge in [-0.05, 0) is 24.8 Å². The smallest absolute Gasteiger partial charge is 0.414 e. The van der Waals surface area contributed by atoms with Crippen molar-refractivity contribution < 1.29 is 19.8 Å². The van der Waals surface area contributed by atoms with Crippen molar-refractivity contribution in [3.8, 4) is 17.3 Å². The van der Waals surface area contributed by atoms with Crippen LogP contribution in [-0.2, 0) is 9.59 Å². The Morgan fingerprint density at radius 2 is 2.00 bits per heavy atom. The number of hydrogen-bond acceptors (Lipinski definition) is 6. The van der Waals surface area contributed by atoms with Gasteiger partial charge in [0, 0.05) is 23.3 Å². The van der Waals surface area contributed by atoms with Gasteiger partial charge in [-0.1, -0.05) is 12.8 Å². The van der Waals surface area contributed by atoms with E-state index in [0.717, 1.165) is 22.3 Å². The second kappa shape index (κ2) is 8.97. The molecule has 3 N–H and O–H groups in total. The van der Waals surface area contributed by atoms with E-state index >= 15 is 0 Å². The molecule has 4 rings (SSSR count). The maximum absolute atomic E-state index is 9.18. The third kappa shape index (κ3) is 4.57. The maximum Gasteiger partial charge on any atom is 0.414 e. The Balaban J connectivity index is 0.000000353. The summed E-state index contributed by atoms with van der Waals surface area (Å²) in [6.07, 6.45) is 12.7. The minimum atomic E-state index is -1.82. The Morgan fingerprint density at radius 1 is 1.28 bits per heavy atom. The van der Waals surface area contributed by atoms with Crippen LogP contribution in [0.1, 0.15) is 38.1 Å². The summed E-state index contributed by atoms with van der Waals surface area (Å²) in [4.78, 5) is 29.9. The zero-order valence-electron chi connectivity index (χ0n) is 15.5. The molecule has 1 saturated carbocycles. The summed E-state index contributed by atoms with van der Waals surface area (Å²) >= 11 is 0. The van der Waals surface area contributed by atoms with E-state index in [9.17, 15) is 5.26 Å². The van der Waals surface area contributed by atoms with Gasteiger partial charge in [-0.25, -0.2) is 19.6 Å². The second-order valence-electron chi connectivity index (χ2n) is 6.76. The van der Waals surface area contributed by atoms with Crippen molar-refractivity contribution in [1.82, 2.24) is 24.7 Å². The van der Waals surface area contributed by atoms with Gasteiger partial charge in [0.15, 0.2) is 0 Å². The van der Waals surface area contributed by atoms with Crippen LogP contribution in [0.15, 0.2) is 31.0 Å². The van der Waals surface area contributed by atoms with Gasteiger partial charge in [0.05, 0.1) is 30.4 Å². The molecule has 1 atom stereocenters. The standard InChI is InChI=1S/C17H18N6.C2H2O4/c18-7-5-15(12-3-1-2-4-12)23-10-13(9-22-23)16-14-6-8-19-17(14)21-11-20-16;3-1(4)2(5)6/h6,8-12,15H,1-5H2,(H,19,20,21);(H,3,4)(H,5,6)/t15-;/m1./s1. The predicted molar refractivity (Wildman–Crippen MR) is 102 cm³/mol. The summed E-state index contributed by atoms with van der Waals surface area (Å²) in [7, 11) is 0. The highest BCUT2D eigenvalue weighted by atomic mass is 16.4. The Bertz CT molecular complexity index is 1030. The molecule has 150 valence electrons. The number of hydrogen-bond donors (Lipinski definition) is 3. The normalized spacial score (nSPS) is 14.7. The molecule has 1 aliphatic rings. The molecule has 3 heterocycles. The van der Waals surface area contributed by atoms with Crippen LogP contribution in [0.5, 0.6) is 0 Å². The van der Waals surface area contributed by atoms with E-state index in [1.54, 1.807) is 6.33 Å². The molecule has 0 bridgehead atoms. The maximum atomic E-state index is 9.18. The van der Waals surface area contributed by atoms with Crippen LogP contribution in [-0.4, -0.2) is 46.9 Å². The van der Waals surface area contributed by atoms with Crippen LogP contribution in [0.4, 0.5) is 0 Å². The van der Waals surface area contributed by atoms with Gasteiger partial charge < -0.3 is 15.2 Å². The number of fused-ring (bicyclic) bond motifs is 1. The summed E-state index contributed by atoms with van der Waals surface area (Å²) in [5.41, 5.74) is 2.68. The molecule has 0 aromatic carbocycles. The van der Waals surface area contributed by atoms with E-state index in [1.807, 2.05) is 29.3 Å². The molecular formula is C19H20N6O4. The number of H-pyrrole nitrogens is 1. The van der Waals surface area contributed by atoms with E-state index in [-0.39, 0.29) is 6.04 Å². The molecule has 0 saturated heterocycles. The van der Waals surface area contributed by atoms with Crippen molar-refractivity contribution in [2.45, 2.75) is 38.1 Å². The van der Waals surface area contributed by atoms with Crippen LogP contribution in [0.3, 0.4) is 0 Å². The number of carbonyl (C=O) groups is 2. The Kier molecular flexibility index (Phi) is 6.19. The van der Waals surface area contributed by atoms with Gasteiger partial charge in [0.25, 0.3) is 0 Å². The van der Waals surface area contributed by atoms with Crippen molar-refractivity contribution in [3.05, 3.63) is 31.0 Å². The van der Waals surface area contributed by atoms with E-state index in [1.165, 1.54) is 25.7 Å². The lowest BCUT2D eigenvalue weighted by atomic mass is 9.96. The zero-order valence-corrected chi connectivity index (χ0v) is 15.5. The SMILES string of the molecule is N#CC[C@H](C1CCCC1)n1cc(-c2ncnc3[nH]ccc23)cn1.O=C(O)C(=O)O. The third-order valence-electron chi connectivity index (χ3n) is 5.00. The predicted octanol–water partition coefficient (Wildman–Crippen LogP) is 2.62. The number of aliphatic carboxylic acids is 2. The fourth-order valence-corrected chi connectivity index (χ4v) is 3.66. The topological polar surface area (TPSA) is 158 Å². The van der Waals surface area contributed by atoms with Crippen molar-refractivity contribution in [3.63, 3.8) is 0 Å². The summed E-state index contributed by atoms with van der Waals surface area (Å²) < 4.78 is 1.97. The number of carboxylic acid groups (broad SMARTS) is 2. The molecule has 10 heteroatoms. The zero-order chi connectivity index (χ0) is 20.8. The second-order valence-corrected chi connectivity index (χ2v) is 6.76. The van der Waals surface area contributed by atoms with E-state index in [2.05, 4.69) is 26.1 Å². The Hall–Kier alpha value is -3.74. The molecule has 3 aromatic rings. The van der Waals surface area contributed by atoms with Gasteiger partial charge in [0.1, 0.15) is 12.0 Å². The first-order valence-corrected chi connectivity index (χ1v) is 9.17. The fraction of sp³-hybridized carbons (Fsp3) is 0.368. The lowest BCUT2D eigenvalue weighted by molar-refractivity contribution is -0.159. The summed E-state index contributed by atoms with van der Waals surface area (Å²) in [5.74, 6) is -3.09. The van der Waals surface area contributed by atoms with Gasteiger partial charge in [-0.15, -0.1) is 0 Å². The van der Waals surface area contributed by atoms with Crippen LogP contribution >= 0.6 is 0 Å². The largest absolute Gasteiger partial charge is 0.473 e. The molecule has 0 spiro atoms. The molecule has 0 unspecified atom stereocenters. The van der Waals surface area contributed by atoms with Crippen LogP contribution in [0, 0.1) is 17.2 Å². The summed E-state index contributed by atoms with van der Waals surface area (Å²) in [6, 6.07) is 4.47. The van der Waals surface area contributed by atoms with Gasteiger partial charge in [0.2, 0.25) is 0 Å². The molecule has 1 fully saturated rings. The lowest BCUT2D eigenvalue weighted by Gasteiger charge is -2.21. The van der Waals surface area contributed by atoms with Gasteiger partial charge in [-0.3, -0.25) is 4.68 Å². The van der Waals surface area contributed by atoms with Crippen LogP contribution in [0.25, 0.3) is 22.3 Å². The first-order chi connectivity index (χ1) is 14.0. The number of carboxylic acids is 2. The first kappa shape index (κ1) is 20.0. The molecule has 0 amide bonds. The van der Waals surface area contributed by atoms with Crippen LogP contribution < -0.4 is 0 Å². The monoisotopic (exact) mass is 396 g/mol. The Labute approximate surface area is 165 Å². The quantitative estimate of drug-likeness (QED) is 0.568.